The molecular formula is C14H13ClFNO2S. The Balaban J connectivity index is 2.20. The lowest BCUT2D eigenvalue weighted by molar-refractivity contribution is 0.574. The van der Waals surface area contributed by atoms with Crippen LogP contribution in [0.25, 0.3) is 0 Å². The SMILES string of the molecule is Cc1ccc(S(=O)(=O)NCc2c(F)cccc2Cl)cc1. The second-order valence-electron chi connectivity index (χ2n) is 4.34. The van der Waals surface area contributed by atoms with Crippen molar-refractivity contribution in [3.63, 3.8) is 0 Å². The molecule has 20 heavy (non-hydrogen) atoms. The first-order valence-corrected chi connectivity index (χ1v) is 7.75. The molecule has 0 saturated heterocycles. The molecule has 0 unspecified atom stereocenters. The van der Waals surface area contributed by atoms with Crippen LogP contribution in [0, 0.1) is 12.7 Å². The fraction of sp³-hybridized carbons (Fsp3) is 0.143. The second kappa shape index (κ2) is 5.91. The molecular weight excluding hydrogens is 301 g/mol. The maximum Gasteiger partial charge on any atom is 0.240 e. The molecule has 0 radical (unpaired) electrons. The monoisotopic (exact) mass is 313 g/mol. The third-order valence-corrected chi connectivity index (χ3v) is 4.60. The van der Waals surface area contributed by atoms with Crippen molar-refractivity contribution in [3.8, 4) is 0 Å². The van der Waals surface area contributed by atoms with Crippen molar-refractivity contribution in [2.45, 2.75) is 18.4 Å². The number of benzene rings is 2. The van der Waals surface area contributed by atoms with Crippen molar-refractivity contribution in [2.75, 3.05) is 0 Å². The Morgan fingerprint density at radius 2 is 1.80 bits per heavy atom. The van der Waals surface area contributed by atoms with Gasteiger partial charge in [0, 0.05) is 17.1 Å². The van der Waals surface area contributed by atoms with Crippen molar-refractivity contribution in [1.82, 2.24) is 4.72 Å². The molecule has 2 aromatic carbocycles. The highest BCUT2D eigenvalue weighted by Crippen LogP contribution is 2.19. The van der Waals surface area contributed by atoms with Gasteiger partial charge in [0.25, 0.3) is 0 Å². The lowest BCUT2D eigenvalue weighted by Gasteiger charge is -2.09. The molecule has 0 atom stereocenters. The van der Waals surface area contributed by atoms with Gasteiger partial charge < -0.3 is 0 Å². The third-order valence-electron chi connectivity index (χ3n) is 2.83. The molecule has 0 spiro atoms. The third kappa shape index (κ3) is 3.36. The normalized spacial score (nSPS) is 11.6. The zero-order valence-electron chi connectivity index (χ0n) is 10.7. The quantitative estimate of drug-likeness (QED) is 0.941. The number of rotatable bonds is 4. The van der Waals surface area contributed by atoms with Crippen LogP contribution in [0.5, 0.6) is 0 Å². The van der Waals surface area contributed by atoms with E-state index < -0.39 is 15.8 Å². The topological polar surface area (TPSA) is 46.2 Å². The number of hydrogen-bond donors (Lipinski definition) is 1. The maximum absolute atomic E-state index is 13.6. The summed E-state index contributed by atoms with van der Waals surface area (Å²) in [7, 11) is -3.68. The number of halogens is 2. The number of aryl methyl sites for hydroxylation is 1. The molecule has 0 aromatic heterocycles. The van der Waals surface area contributed by atoms with Gasteiger partial charge in [0.05, 0.1) is 4.90 Å². The van der Waals surface area contributed by atoms with Crippen molar-refractivity contribution in [3.05, 3.63) is 64.4 Å². The van der Waals surface area contributed by atoms with Crippen LogP contribution in [-0.4, -0.2) is 8.42 Å². The summed E-state index contributed by atoms with van der Waals surface area (Å²) in [4.78, 5) is 0.135. The molecule has 0 aliphatic heterocycles. The average Bonchev–Trinajstić information content (AvgIpc) is 2.38. The fourth-order valence-electron chi connectivity index (χ4n) is 1.67. The highest BCUT2D eigenvalue weighted by molar-refractivity contribution is 7.89. The first-order chi connectivity index (χ1) is 9.40. The summed E-state index contributed by atoms with van der Waals surface area (Å²) < 4.78 is 40.0. The summed E-state index contributed by atoms with van der Waals surface area (Å²) in [5.74, 6) is -0.538. The van der Waals surface area contributed by atoms with E-state index in [1.54, 1.807) is 12.1 Å². The number of hydrogen-bond acceptors (Lipinski definition) is 2. The Morgan fingerprint density at radius 1 is 1.15 bits per heavy atom. The lowest BCUT2D eigenvalue weighted by Crippen LogP contribution is -2.23. The van der Waals surface area contributed by atoms with Crippen LogP contribution in [0.1, 0.15) is 11.1 Å². The Labute approximate surface area is 122 Å². The van der Waals surface area contributed by atoms with Crippen LogP contribution in [0.4, 0.5) is 4.39 Å². The molecule has 0 bridgehead atoms. The molecule has 0 heterocycles. The minimum atomic E-state index is -3.68. The largest absolute Gasteiger partial charge is 0.240 e. The van der Waals surface area contributed by atoms with E-state index in [1.807, 2.05) is 6.92 Å². The summed E-state index contributed by atoms with van der Waals surface area (Å²) >= 11 is 5.85. The first-order valence-electron chi connectivity index (χ1n) is 5.89. The molecule has 0 aliphatic rings. The van der Waals surface area contributed by atoms with Crippen LogP contribution in [0.3, 0.4) is 0 Å². The lowest BCUT2D eigenvalue weighted by atomic mass is 10.2. The fourth-order valence-corrected chi connectivity index (χ4v) is 2.89. The van der Waals surface area contributed by atoms with Crippen molar-refractivity contribution < 1.29 is 12.8 Å². The zero-order valence-corrected chi connectivity index (χ0v) is 12.3. The standard InChI is InChI=1S/C14H13ClFNO2S/c1-10-5-7-11(8-6-10)20(18,19)17-9-12-13(15)3-2-4-14(12)16/h2-8,17H,9H2,1H3. The Bertz CT molecular complexity index is 694. The molecule has 0 aliphatic carbocycles. The van der Waals surface area contributed by atoms with Gasteiger partial charge in [0.1, 0.15) is 5.82 Å². The Morgan fingerprint density at radius 3 is 2.40 bits per heavy atom. The molecule has 2 aromatic rings. The van der Waals surface area contributed by atoms with Gasteiger partial charge in [0.15, 0.2) is 0 Å². The van der Waals surface area contributed by atoms with Crippen molar-refractivity contribution >= 4 is 21.6 Å². The Hall–Kier alpha value is -1.43. The Kier molecular flexibility index (Phi) is 4.42. The molecule has 0 fully saturated rings. The predicted molar refractivity (Wildman–Crippen MR) is 76.6 cm³/mol. The van der Waals surface area contributed by atoms with Gasteiger partial charge >= 0.3 is 0 Å². The highest BCUT2D eigenvalue weighted by atomic mass is 35.5. The summed E-state index contributed by atoms with van der Waals surface area (Å²) in [6.07, 6.45) is 0. The van der Waals surface area contributed by atoms with Gasteiger partial charge in [-0.3, -0.25) is 0 Å². The van der Waals surface area contributed by atoms with E-state index in [4.69, 9.17) is 11.6 Å². The molecule has 106 valence electrons. The first kappa shape index (κ1) is 15.0. The van der Waals surface area contributed by atoms with Crippen LogP contribution in [-0.2, 0) is 16.6 Å². The maximum atomic E-state index is 13.6. The molecule has 3 nitrogen and oxygen atoms in total. The summed E-state index contributed by atoms with van der Waals surface area (Å²) in [5.41, 5.74) is 1.09. The number of sulfonamides is 1. The smallest absolute Gasteiger partial charge is 0.207 e. The van der Waals surface area contributed by atoms with Gasteiger partial charge in [-0.05, 0) is 31.2 Å². The van der Waals surface area contributed by atoms with Crippen LogP contribution in [0.2, 0.25) is 5.02 Å². The number of nitrogens with one attached hydrogen (secondary N) is 1. The van der Waals surface area contributed by atoms with Gasteiger partial charge in [-0.1, -0.05) is 35.4 Å². The van der Waals surface area contributed by atoms with E-state index in [0.717, 1.165) is 5.56 Å². The van der Waals surface area contributed by atoms with Gasteiger partial charge in [-0.25, -0.2) is 17.5 Å². The zero-order chi connectivity index (χ0) is 14.8. The van der Waals surface area contributed by atoms with Gasteiger partial charge in [-0.2, -0.15) is 0 Å². The van der Waals surface area contributed by atoms with E-state index in [-0.39, 0.29) is 22.0 Å². The summed E-state index contributed by atoms with van der Waals surface area (Å²) in [6, 6.07) is 10.6. The minimum Gasteiger partial charge on any atom is -0.207 e. The summed E-state index contributed by atoms with van der Waals surface area (Å²) in [6.45, 7) is 1.67. The van der Waals surface area contributed by atoms with Gasteiger partial charge in [-0.15, -0.1) is 0 Å². The van der Waals surface area contributed by atoms with E-state index in [0.29, 0.717) is 0 Å². The van der Waals surface area contributed by atoms with E-state index >= 15 is 0 Å². The predicted octanol–water partition coefficient (Wildman–Crippen LogP) is 3.27. The molecule has 0 amide bonds. The van der Waals surface area contributed by atoms with Crippen LogP contribution >= 0.6 is 11.6 Å². The molecule has 1 N–H and O–H groups in total. The van der Waals surface area contributed by atoms with Crippen LogP contribution in [0.15, 0.2) is 47.4 Å². The summed E-state index contributed by atoms with van der Waals surface area (Å²) in [5, 5.41) is 0.191. The highest BCUT2D eigenvalue weighted by Gasteiger charge is 2.15. The molecule has 6 heteroatoms. The van der Waals surface area contributed by atoms with Crippen molar-refractivity contribution in [1.29, 1.82) is 0 Å². The van der Waals surface area contributed by atoms with E-state index in [2.05, 4.69) is 4.72 Å². The van der Waals surface area contributed by atoms with E-state index in [1.165, 1.54) is 30.3 Å². The average molecular weight is 314 g/mol. The second-order valence-corrected chi connectivity index (χ2v) is 6.51. The van der Waals surface area contributed by atoms with Crippen LogP contribution < -0.4 is 4.72 Å². The van der Waals surface area contributed by atoms with Gasteiger partial charge in [0.2, 0.25) is 10.0 Å². The molecule has 0 saturated carbocycles. The minimum absolute atomic E-state index is 0.129. The van der Waals surface area contributed by atoms with Crippen molar-refractivity contribution in [2.24, 2.45) is 0 Å². The molecule has 2 rings (SSSR count). The van der Waals surface area contributed by atoms with E-state index in [9.17, 15) is 12.8 Å².